The van der Waals surface area contributed by atoms with Crippen molar-refractivity contribution in [2.45, 2.75) is 33.1 Å². The Kier molecular flexibility index (Phi) is 4.10. The quantitative estimate of drug-likeness (QED) is 0.815. The highest BCUT2D eigenvalue weighted by Crippen LogP contribution is 2.26. The van der Waals surface area contributed by atoms with Gasteiger partial charge in [-0.2, -0.15) is 5.10 Å². The number of ketones is 1. The van der Waals surface area contributed by atoms with Crippen LogP contribution in [0.15, 0.2) is 35.4 Å². The van der Waals surface area contributed by atoms with E-state index in [-0.39, 0.29) is 17.6 Å². The molecule has 0 aliphatic carbocycles. The molecule has 1 aromatic rings. The van der Waals surface area contributed by atoms with Crippen LogP contribution in [0.1, 0.15) is 33.1 Å². The van der Waals surface area contributed by atoms with Crippen LogP contribution >= 0.6 is 0 Å². The number of anilines is 1. The second-order valence-corrected chi connectivity index (χ2v) is 4.71. The summed E-state index contributed by atoms with van der Waals surface area (Å²) in [6.45, 7) is 3.69. The van der Waals surface area contributed by atoms with Crippen LogP contribution in [0, 0.1) is 5.92 Å². The Morgan fingerprint density at radius 1 is 1.32 bits per heavy atom. The van der Waals surface area contributed by atoms with Crippen LogP contribution in [0.2, 0.25) is 0 Å². The number of Topliss-reactive ketones (excluding diaryl/α,β-unsaturated/α-hetero) is 1. The molecule has 4 heteroatoms. The number of rotatable bonds is 5. The fourth-order valence-electron chi connectivity index (χ4n) is 2.17. The lowest BCUT2D eigenvalue weighted by Gasteiger charge is -2.13. The molecule has 4 nitrogen and oxygen atoms in total. The minimum atomic E-state index is -0.254. The van der Waals surface area contributed by atoms with E-state index in [1.165, 1.54) is 5.01 Å². The summed E-state index contributed by atoms with van der Waals surface area (Å²) in [4.78, 5) is 23.7. The third-order valence-electron chi connectivity index (χ3n) is 3.38. The van der Waals surface area contributed by atoms with Crippen molar-refractivity contribution in [2.75, 3.05) is 5.01 Å². The van der Waals surface area contributed by atoms with Crippen LogP contribution in [0.5, 0.6) is 0 Å². The Hall–Kier alpha value is -1.97. The summed E-state index contributed by atoms with van der Waals surface area (Å²) >= 11 is 0. The Labute approximate surface area is 113 Å². The van der Waals surface area contributed by atoms with Gasteiger partial charge >= 0.3 is 0 Å². The van der Waals surface area contributed by atoms with Gasteiger partial charge in [-0.15, -0.1) is 0 Å². The van der Waals surface area contributed by atoms with Crippen LogP contribution in [0.25, 0.3) is 0 Å². The Bertz CT molecular complexity index is 508. The number of nitrogens with zero attached hydrogens (tertiary/aromatic N) is 2. The Morgan fingerprint density at radius 3 is 2.63 bits per heavy atom. The average Bonchev–Trinajstić information content (AvgIpc) is 2.72. The lowest BCUT2D eigenvalue weighted by molar-refractivity contribution is -0.121. The number of carbonyl (C=O) groups is 2. The third-order valence-corrected chi connectivity index (χ3v) is 3.38. The topological polar surface area (TPSA) is 49.7 Å². The molecule has 1 aromatic carbocycles. The van der Waals surface area contributed by atoms with Gasteiger partial charge in [0, 0.05) is 18.6 Å². The molecule has 2 rings (SSSR count). The summed E-state index contributed by atoms with van der Waals surface area (Å²) in [7, 11) is 0. The molecule has 1 unspecified atom stereocenters. The number of amides is 1. The Balaban J connectivity index is 2.08. The monoisotopic (exact) mass is 258 g/mol. The molecule has 1 atom stereocenters. The number of hydrogen-bond acceptors (Lipinski definition) is 3. The van der Waals surface area contributed by atoms with Gasteiger partial charge in [0.1, 0.15) is 5.78 Å². The molecule has 0 radical (unpaired) electrons. The van der Waals surface area contributed by atoms with Crippen molar-refractivity contribution in [3.8, 4) is 0 Å². The number of hydrogen-bond donors (Lipinski definition) is 0. The first kappa shape index (κ1) is 13.5. The van der Waals surface area contributed by atoms with E-state index in [2.05, 4.69) is 5.10 Å². The molecular weight excluding hydrogens is 240 g/mol. The average molecular weight is 258 g/mol. The van der Waals surface area contributed by atoms with Crippen LogP contribution in [0.3, 0.4) is 0 Å². The van der Waals surface area contributed by atoms with Gasteiger partial charge in [0.05, 0.1) is 11.6 Å². The van der Waals surface area contributed by atoms with Gasteiger partial charge in [0.2, 0.25) is 0 Å². The number of benzene rings is 1. The molecule has 19 heavy (non-hydrogen) atoms. The zero-order chi connectivity index (χ0) is 13.8. The van der Waals surface area contributed by atoms with E-state index >= 15 is 0 Å². The van der Waals surface area contributed by atoms with Crippen LogP contribution < -0.4 is 5.01 Å². The molecular formula is C15H18N2O2. The molecule has 0 N–H and O–H groups in total. The van der Waals surface area contributed by atoms with Crippen molar-refractivity contribution < 1.29 is 9.59 Å². The summed E-state index contributed by atoms with van der Waals surface area (Å²) < 4.78 is 0. The van der Waals surface area contributed by atoms with E-state index in [1.807, 2.05) is 44.2 Å². The molecule has 1 amide bonds. The first-order valence-electron chi connectivity index (χ1n) is 6.59. The Morgan fingerprint density at radius 2 is 2.00 bits per heavy atom. The summed E-state index contributed by atoms with van der Waals surface area (Å²) in [5.41, 5.74) is 1.56. The first-order chi connectivity index (χ1) is 9.13. The van der Waals surface area contributed by atoms with E-state index in [9.17, 15) is 9.59 Å². The normalized spacial score (nSPS) is 18.6. The molecule has 1 aliphatic heterocycles. The van der Waals surface area contributed by atoms with E-state index in [1.54, 1.807) is 0 Å². The predicted octanol–water partition coefficient (Wildman–Crippen LogP) is 2.78. The van der Waals surface area contributed by atoms with Crippen molar-refractivity contribution in [1.82, 2.24) is 0 Å². The van der Waals surface area contributed by atoms with Crippen molar-refractivity contribution >= 4 is 23.1 Å². The highest BCUT2D eigenvalue weighted by atomic mass is 16.2. The van der Waals surface area contributed by atoms with Crippen molar-refractivity contribution in [2.24, 2.45) is 11.0 Å². The molecule has 0 saturated carbocycles. The lowest BCUT2D eigenvalue weighted by Crippen LogP contribution is -2.27. The molecule has 0 bridgehead atoms. The van der Waals surface area contributed by atoms with Crippen molar-refractivity contribution in [3.05, 3.63) is 30.3 Å². The van der Waals surface area contributed by atoms with E-state index in [0.717, 1.165) is 11.4 Å². The fraction of sp³-hybridized carbons (Fsp3) is 0.400. The van der Waals surface area contributed by atoms with Crippen LogP contribution in [-0.2, 0) is 9.59 Å². The minimum Gasteiger partial charge on any atom is -0.300 e. The van der Waals surface area contributed by atoms with Gasteiger partial charge in [0.15, 0.2) is 0 Å². The van der Waals surface area contributed by atoms with Crippen molar-refractivity contribution in [3.63, 3.8) is 0 Å². The largest absolute Gasteiger partial charge is 0.300 e. The smallest absolute Gasteiger partial charge is 0.256 e. The molecule has 0 saturated heterocycles. The molecule has 1 aliphatic rings. The van der Waals surface area contributed by atoms with Gasteiger partial charge in [0.25, 0.3) is 5.91 Å². The maximum Gasteiger partial charge on any atom is 0.256 e. The third kappa shape index (κ3) is 2.89. The maximum atomic E-state index is 12.3. The van der Waals surface area contributed by atoms with Gasteiger partial charge in [-0.25, -0.2) is 5.01 Å². The highest BCUT2D eigenvalue weighted by molar-refractivity contribution is 6.14. The van der Waals surface area contributed by atoms with Crippen LogP contribution in [0.4, 0.5) is 5.69 Å². The fourth-order valence-corrected chi connectivity index (χ4v) is 2.17. The summed E-state index contributed by atoms with van der Waals surface area (Å²) in [5, 5.41) is 5.75. The molecule has 0 fully saturated rings. The number of carbonyl (C=O) groups excluding carboxylic acids is 2. The second kappa shape index (κ2) is 5.78. The molecule has 0 spiro atoms. The van der Waals surface area contributed by atoms with Crippen molar-refractivity contribution in [1.29, 1.82) is 0 Å². The zero-order valence-corrected chi connectivity index (χ0v) is 11.3. The standard InChI is InChI=1S/C15H18N2O2/c1-3-13(18)9-10-14-11(2)16-17(15(14)19)12-7-5-4-6-8-12/h4-8,14H,3,9-10H2,1-2H3. The van der Waals surface area contributed by atoms with Gasteiger partial charge in [-0.05, 0) is 25.5 Å². The molecule has 0 aromatic heterocycles. The molecule has 100 valence electrons. The lowest BCUT2D eigenvalue weighted by atomic mass is 9.96. The van der Waals surface area contributed by atoms with Gasteiger partial charge in [-0.3, -0.25) is 9.59 Å². The number of para-hydroxylation sites is 1. The highest BCUT2D eigenvalue weighted by Gasteiger charge is 2.34. The van der Waals surface area contributed by atoms with E-state index in [0.29, 0.717) is 19.3 Å². The van der Waals surface area contributed by atoms with Crippen LogP contribution in [-0.4, -0.2) is 17.4 Å². The number of hydrazone groups is 1. The van der Waals surface area contributed by atoms with E-state index < -0.39 is 0 Å². The second-order valence-electron chi connectivity index (χ2n) is 4.71. The predicted molar refractivity (Wildman–Crippen MR) is 75.1 cm³/mol. The first-order valence-corrected chi connectivity index (χ1v) is 6.59. The summed E-state index contributed by atoms with van der Waals surface area (Å²) in [6, 6.07) is 9.36. The maximum absolute atomic E-state index is 12.3. The molecule has 1 heterocycles. The summed E-state index contributed by atoms with van der Waals surface area (Å²) in [5.74, 6) is -0.0953. The van der Waals surface area contributed by atoms with Gasteiger partial charge in [-0.1, -0.05) is 25.1 Å². The minimum absolute atomic E-state index is 0.0346. The zero-order valence-electron chi connectivity index (χ0n) is 11.3. The summed E-state index contributed by atoms with van der Waals surface area (Å²) in [6.07, 6.45) is 1.53. The van der Waals surface area contributed by atoms with Gasteiger partial charge < -0.3 is 0 Å². The van der Waals surface area contributed by atoms with E-state index in [4.69, 9.17) is 0 Å². The SMILES string of the molecule is CCC(=O)CCC1C(=O)N(c2ccccc2)N=C1C.